The Kier molecular flexibility index (Phi) is 3.99. The van der Waals surface area contributed by atoms with Gasteiger partial charge in [0.05, 0.1) is 33.1 Å². The Morgan fingerprint density at radius 3 is 1.51 bits per heavy atom. The van der Waals surface area contributed by atoms with Gasteiger partial charge in [-0.3, -0.25) is 0 Å². The zero-order valence-corrected chi connectivity index (χ0v) is 20.7. The van der Waals surface area contributed by atoms with Gasteiger partial charge in [-0.2, -0.15) is 0 Å². The van der Waals surface area contributed by atoms with Gasteiger partial charge < -0.3 is 13.6 Å². The third kappa shape index (κ3) is 2.68. The van der Waals surface area contributed by atoms with Crippen LogP contribution in [0.5, 0.6) is 0 Å². The lowest BCUT2D eigenvalue weighted by Gasteiger charge is -2.17. The minimum atomic E-state index is 0.536. The summed E-state index contributed by atoms with van der Waals surface area (Å²) >= 11 is 0. The molecule has 0 bridgehead atoms. The molecule has 4 aromatic heterocycles. The molecule has 0 radical (unpaired) electrons. The number of para-hydroxylation sites is 4. The fraction of sp³-hybridized carbons (Fsp3) is 0. The fourth-order valence-corrected chi connectivity index (χ4v) is 6.27. The molecule has 0 aliphatic heterocycles. The third-order valence-electron chi connectivity index (χ3n) is 7.85. The molecule has 39 heavy (non-hydrogen) atoms. The number of furan rings is 1. The van der Waals surface area contributed by atoms with Crippen molar-refractivity contribution >= 4 is 65.8 Å². The highest BCUT2D eigenvalue weighted by Gasteiger charge is 2.24. The van der Waals surface area contributed by atoms with Crippen LogP contribution in [0.25, 0.3) is 77.2 Å². The van der Waals surface area contributed by atoms with Crippen LogP contribution in [0.3, 0.4) is 0 Å². The third-order valence-corrected chi connectivity index (χ3v) is 7.85. The highest BCUT2D eigenvalue weighted by Crippen LogP contribution is 2.42. The van der Waals surface area contributed by atoms with E-state index in [9.17, 15) is 0 Å². The molecule has 0 amide bonds. The lowest BCUT2D eigenvalue weighted by Crippen LogP contribution is -2.04. The van der Waals surface area contributed by atoms with E-state index in [2.05, 4.69) is 128 Å². The van der Waals surface area contributed by atoms with Crippen molar-refractivity contribution in [1.82, 2.24) is 19.1 Å². The molecule has 5 aromatic carbocycles. The smallest absolute Gasteiger partial charge is 0.246 e. The summed E-state index contributed by atoms with van der Waals surface area (Å²) < 4.78 is 11.3. The van der Waals surface area contributed by atoms with E-state index in [0.717, 1.165) is 49.9 Å². The zero-order valence-electron chi connectivity index (χ0n) is 20.7. The number of aromatic nitrogens is 4. The predicted octanol–water partition coefficient (Wildman–Crippen LogP) is 8.57. The standard InChI is InChI=1S/C34H20N4O/c1-5-13-26-21(9-1)22-10-2-6-14-27(22)37(26)30-18-17-25-31-34(36-20-19-35-31)39-33(25)32(30)38-28-15-7-3-11-23(28)24-12-4-8-16-29(24)38/h1-20H. The quantitative estimate of drug-likeness (QED) is 0.239. The van der Waals surface area contributed by atoms with E-state index in [0.29, 0.717) is 5.71 Å². The van der Waals surface area contributed by atoms with E-state index in [1.54, 1.807) is 12.4 Å². The largest absolute Gasteiger partial charge is 0.434 e. The molecule has 5 nitrogen and oxygen atoms in total. The van der Waals surface area contributed by atoms with Crippen LogP contribution in [0.15, 0.2) is 126 Å². The summed E-state index contributed by atoms with van der Waals surface area (Å²) in [6.07, 6.45) is 3.40. The van der Waals surface area contributed by atoms with Crippen LogP contribution < -0.4 is 0 Å². The average molecular weight is 501 g/mol. The SMILES string of the molecule is c1ccc2c(c1)c1ccccc1n2-c1ccc2c(oc3nccnc32)c1-n1c2ccccc2c2ccccc21. The van der Waals surface area contributed by atoms with E-state index >= 15 is 0 Å². The maximum atomic E-state index is 6.56. The van der Waals surface area contributed by atoms with Crippen LogP contribution in [0.2, 0.25) is 0 Å². The van der Waals surface area contributed by atoms with Gasteiger partial charge in [0.1, 0.15) is 11.2 Å². The van der Waals surface area contributed by atoms with Crippen LogP contribution in [-0.2, 0) is 0 Å². The van der Waals surface area contributed by atoms with Gasteiger partial charge in [-0.15, -0.1) is 0 Å². The van der Waals surface area contributed by atoms with Gasteiger partial charge in [0.15, 0.2) is 5.58 Å². The summed E-state index contributed by atoms with van der Waals surface area (Å²) in [5.41, 5.74) is 8.60. The molecular formula is C34H20N4O. The van der Waals surface area contributed by atoms with E-state index in [1.165, 1.54) is 21.5 Å². The lowest BCUT2D eigenvalue weighted by atomic mass is 10.1. The lowest BCUT2D eigenvalue weighted by molar-refractivity contribution is 0.650. The Balaban J connectivity index is 1.55. The maximum Gasteiger partial charge on any atom is 0.246 e. The van der Waals surface area contributed by atoms with E-state index in [1.807, 2.05) is 0 Å². The first-order chi connectivity index (χ1) is 19.4. The molecule has 9 aromatic rings. The molecule has 5 heteroatoms. The Morgan fingerprint density at radius 1 is 0.462 bits per heavy atom. The van der Waals surface area contributed by atoms with Gasteiger partial charge in [-0.25, -0.2) is 9.97 Å². The van der Waals surface area contributed by atoms with Gasteiger partial charge in [0.2, 0.25) is 5.71 Å². The van der Waals surface area contributed by atoms with E-state index in [-0.39, 0.29) is 0 Å². The highest BCUT2D eigenvalue weighted by molar-refractivity contribution is 6.14. The van der Waals surface area contributed by atoms with Crippen molar-refractivity contribution in [3.05, 3.63) is 122 Å². The Morgan fingerprint density at radius 2 is 0.949 bits per heavy atom. The molecule has 0 saturated heterocycles. The zero-order chi connectivity index (χ0) is 25.5. The Labute approximate surface area is 222 Å². The van der Waals surface area contributed by atoms with Crippen molar-refractivity contribution in [1.29, 1.82) is 0 Å². The molecule has 0 aliphatic carbocycles. The van der Waals surface area contributed by atoms with Gasteiger partial charge in [0, 0.05) is 33.9 Å². The number of hydrogen-bond acceptors (Lipinski definition) is 3. The molecule has 0 aliphatic rings. The Hall–Kier alpha value is -5.42. The van der Waals surface area contributed by atoms with Gasteiger partial charge in [-0.05, 0) is 36.4 Å². The first-order valence-corrected chi connectivity index (χ1v) is 13.0. The summed E-state index contributed by atoms with van der Waals surface area (Å²) in [7, 11) is 0. The molecule has 0 unspecified atom stereocenters. The minimum absolute atomic E-state index is 0.536. The highest BCUT2D eigenvalue weighted by atomic mass is 16.3. The number of fused-ring (bicyclic) bond motifs is 9. The van der Waals surface area contributed by atoms with Crippen LogP contribution in [-0.4, -0.2) is 19.1 Å². The van der Waals surface area contributed by atoms with Crippen LogP contribution in [0.1, 0.15) is 0 Å². The molecule has 9 rings (SSSR count). The normalized spacial score (nSPS) is 12.1. The van der Waals surface area contributed by atoms with Crippen molar-refractivity contribution in [2.24, 2.45) is 0 Å². The van der Waals surface area contributed by atoms with Crippen molar-refractivity contribution in [3.63, 3.8) is 0 Å². The van der Waals surface area contributed by atoms with Crippen molar-refractivity contribution in [2.75, 3.05) is 0 Å². The van der Waals surface area contributed by atoms with Crippen LogP contribution in [0.4, 0.5) is 0 Å². The van der Waals surface area contributed by atoms with Crippen LogP contribution >= 0.6 is 0 Å². The number of nitrogens with zero attached hydrogens (tertiary/aromatic N) is 4. The minimum Gasteiger partial charge on any atom is -0.434 e. The van der Waals surface area contributed by atoms with Gasteiger partial charge in [0.25, 0.3) is 0 Å². The van der Waals surface area contributed by atoms with Crippen molar-refractivity contribution < 1.29 is 4.42 Å². The summed E-state index contributed by atoms with van der Waals surface area (Å²) in [6.45, 7) is 0. The monoisotopic (exact) mass is 500 g/mol. The topological polar surface area (TPSA) is 48.8 Å². The first kappa shape index (κ1) is 20.6. The predicted molar refractivity (Wildman–Crippen MR) is 158 cm³/mol. The molecule has 0 N–H and O–H groups in total. The molecule has 182 valence electrons. The summed E-state index contributed by atoms with van der Waals surface area (Å²) in [5.74, 6) is 0. The van der Waals surface area contributed by atoms with E-state index in [4.69, 9.17) is 4.42 Å². The first-order valence-electron chi connectivity index (χ1n) is 13.0. The second-order valence-electron chi connectivity index (χ2n) is 9.86. The maximum absolute atomic E-state index is 6.56. The Bertz CT molecular complexity index is 2300. The van der Waals surface area contributed by atoms with Crippen LogP contribution in [0, 0.1) is 0 Å². The number of rotatable bonds is 2. The van der Waals surface area contributed by atoms with Gasteiger partial charge in [-0.1, -0.05) is 72.8 Å². The molecule has 0 saturated carbocycles. The fourth-order valence-electron chi connectivity index (χ4n) is 6.27. The van der Waals surface area contributed by atoms with Gasteiger partial charge >= 0.3 is 0 Å². The average Bonchev–Trinajstić information content (AvgIpc) is 3.65. The molecular weight excluding hydrogens is 480 g/mol. The molecule has 0 atom stereocenters. The molecule has 0 spiro atoms. The van der Waals surface area contributed by atoms with Crippen molar-refractivity contribution in [3.8, 4) is 11.4 Å². The summed E-state index contributed by atoms with van der Waals surface area (Å²) in [4.78, 5) is 9.15. The van der Waals surface area contributed by atoms with Crippen molar-refractivity contribution in [2.45, 2.75) is 0 Å². The number of hydrogen-bond donors (Lipinski definition) is 0. The summed E-state index contributed by atoms with van der Waals surface area (Å²) in [6, 6.07) is 38.6. The molecule has 0 fully saturated rings. The summed E-state index contributed by atoms with van der Waals surface area (Å²) in [5, 5.41) is 5.78. The number of benzene rings is 5. The van der Waals surface area contributed by atoms with E-state index < -0.39 is 0 Å². The second kappa shape index (κ2) is 7.55. The second-order valence-corrected chi connectivity index (χ2v) is 9.86. The molecule has 4 heterocycles.